The smallest absolute Gasteiger partial charge is 0.295 e. The minimum atomic E-state index is -1.14. The highest BCUT2D eigenvalue weighted by atomic mass is 16.6. The molecule has 11 heavy (non-hydrogen) atoms. The van der Waals surface area contributed by atoms with E-state index in [1.54, 1.807) is 24.3 Å². The number of benzene rings is 1. The van der Waals surface area contributed by atoms with Gasteiger partial charge in [-0.15, -0.1) is 0 Å². The zero-order valence-electron chi connectivity index (χ0n) is 5.81. The molecule has 0 aromatic heterocycles. The van der Waals surface area contributed by atoms with Crippen molar-refractivity contribution in [1.29, 1.82) is 0 Å². The normalized spacial score (nSPS) is 12.1. The molecule has 0 spiro atoms. The fourth-order valence-electron chi connectivity index (χ4n) is 0.749. The summed E-state index contributed by atoms with van der Waals surface area (Å²) in [6, 6.07) is 8.68. The Morgan fingerprint density at radius 1 is 1.36 bits per heavy atom. The van der Waals surface area contributed by atoms with Crippen LogP contribution in [0, 0.1) is 0 Å². The van der Waals surface area contributed by atoms with Crippen molar-refractivity contribution in [3.63, 3.8) is 0 Å². The van der Waals surface area contributed by atoms with Gasteiger partial charge in [0.2, 0.25) is 6.29 Å². The summed E-state index contributed by atoms with van der Waals surface area (Å²) >= 11 is 0. The molecule has 0 aliphatic heterocycles. The highest BCUT2D eigenvalue weighted by Crippen LogP contribution is 2.11. The first-order valence-electron chi connectivity index (χ1n) is 3.16. The molecule has 0 amide bonds. The third kappa shape index (κ3) is 2.05. The van der Waals surface area contributed by atoms with E-state index < -0.39 is 6.29 Å². The van der Waals surface area contributed by atoms with Gasteiger partial charge in [0.25, 0.3) is 6.47 Å². The van der Waals surface area contributed by atoms with Crippen molar-refractivity contribution in [3.8, 4) is 0 Å². The molecule has 1 rings (SSSR count). The van der Waals surface area contributed by atoms with E-state index >= 15 is 0 Å². The first-order chi connectivity index (χ1) is 5.34. The Bertz CT molecular complexity index is 220. The number of rotatable bonds is 3. The van der Waals surface area contributed by atoms with Crippen LogP contribution in [0.2, 0.25) is 0 Å². The van der Waals surface area contributed by atoms with E-state index in [2.05, 4.69) is 4.74 Å². The first-order valence-corrected chi connectivity index (χ1v) is 3.16. The van der Waals surface area contributed by atoms with Gasteiger partial charge in [-0.25, -0.2) is 0 Å². The van der Waals surface area contributed by atoms with Crippen molar-refractivity contribution >= 4 is 6.47 Å². The number of carbonyl (C=O) groups is 1. The molecule has 58 valence electrons. The summed E-state index contributed by atoms with van der Waals surface area (Å²) in [4.78, 5) is 9.81. The van der Waals surface area contributed by atoms with E-state index in [9.17, 15) is 4.79 Å². The monoisotopic (exact) mass is 152 g/mol. The Hall–Kier alpha value is -1.35. The Labute approximate surface area is 64.2 Å². The Balaban J connectivity index is 2.68. The van der Waals surface area contributed by atoms with Gasteiger partial charge in [-0.05, 0) is 0 Å². The van der Waals surface area contributed by atoms with Crippen molar-refractivity contribution in [2.24, 2.45) is 0 Å². The van der Waals surface area contributed by atoms with Gasteiger partial charge in [0, 0.05) is 5.56 Å². The van der Waals surface area contributed by atoms with E-state index in [4.69, 9.17) is 5.11 Å². The summed E-state index contributed by atoms with van der Waals surface area (Å²) in [5.41, 5.74) is 0.569. The van der Waals surface area contributed by atoms with Crippen LogP contribution in [0.1, 0.15) is 11.9 Å². The van der Waals surface area contributed by atoms with Crippen LogP contribution < -0.4 is 0 Å². The molecule has 1 atom stereocenters. The van der Waals surface area contributed by atoms with E-state index in [0.717, 1.165) is 0 Å². The van der Waals surface area contributed by atoms with E-state index in [1.165, 1.54) is 0 Å². The van der Waals surface area contributed by atoms with Gasteiger partial charge in [-0.3, -0.25) is 4.79 Å². The first kappa shape index (κ1) is 7.75. The van der Waals surface area contributed by atoms with Crippen LogP contribution in [0.25, 0.3) is 0 Å². The molecule has 0 unspecified atom stereocenters. The molecule has 3 nitrogen and oxygen atoms in total. The van der Waals surface area contributed by atoms with Crippen molar-refractivity contribution in [3.05, 3.63) is 35.9 Å². The van der Waals surface area contributed by atoms with Crippen LogP contribution >= 0.6 is 0 Å². The van der Waals surface area contributed by atoms with Gasteiger partial charge >= 0.3 is 0 Å². The van der Waals surface area contributed by atoms with E-state index in [-0.39, 0.29) is 6.47 Å². The van der Waals surface area contributed by atoms with Crippen molar-refractivity contribution in [1.82, 2.24) is 0 Å². The third-order valence-electron chi connectivity index (χ3n) is 1.27. The maximum absolute atomic E-state index is 9.81. The topological polar surface area (TPSA) is 46.5 Å². The summed E-state index contributed by atoms with van der Waals surface area (Å²) in [7, 11) is 0. The third-order valence-corrected chi connectivity index (χ3v) is 1.27. The molecule has 1 N–H and O–H groups in total. The van der Waals surface area contributed by atoms with Crippen LogP contribution in [0.4, 0.5) is 0 Å². The number of carbonyl (C=O) groups excluding carboxylic acids is 1. The maximum atomic E-state index is 9.81. The molecular weight excluding hydrogens is 144 g/mol. The molecule has 0 aliphatic carbocycles. The van der Waals surface area contributed by atoms with Crippen molar-refractivity contribution in [2.45, 2.75) is 6.29 Å². The average Bonchev–Trinajstić information content (AvgIpc) is 2.07. The predicted octanol–water partition coefficient (Wildman–Crippen LogP) is 0.851. The summed E-state index contributed by atoms with van der Waals surface area (Å²) < 4.78 is 4.30. The van der Waals surface area contributed by atoms with Gasteiger partial charge in [0.05, 0.1) is 0 Å². The summed E-state index contributed by atoms with van der Waals surface area (Å²) in [6.07, 6.45) is -1.14. The van der Waals surface area contributed by atoms with Gasteiger partial charge in [0.15, 0.2) is 0 Å². The second kappa shape index (κ2) is 3.73. The summed E-state index contributed by atoms with van der Waals surface area (Å²) in [5, 5.41) is 9.07. The van der Waals surface area contributed by atoms with Crippen molar-refractivity contribution in [2.75, 3.05) is 0 Å². The van der Waals surface area contributed by atoms with Crippen LogP contribution in [0.15, 0.2) is 30.3 Å². The summed E-state index contributed by atoms with van der Waals surface area (Å²) in [5.74, 6) is 0. The molecule has 0 saturated carbocycles. The lowest BCUT2D eigenvalue weighted by Gasteiger charge is -2.06. The zero-order chi connectivity index (χ0) is 8.10. The maximum Gasteiger partial charge on any atom is 0.295 e. The SMILES string of the molecule is O=CO[C@@H](O)c1ccccc1. The number of aliphatic hydroxyl groups excluding tert-OH is 1. The number of ether oxygens (including phenoxy) is 1. The second-order valence-corrected chi connectivity index (χ2v) is 2.00. The minimum absolute atomic E-state index is 0.220. The number of hydrogen-bond donors (Lipinski definition) is 1. The van der Waals surface area contributed by atoms with Crippen molar-refractivity contribution < 1.29 is 14.6 Å². The molecule has 0 saturated heterocycles. The lowest BCUT2D eigenvalue weighted by atomic mass is 10.2. The van der Waals surface area contributed by atoms with Gasteiger partial charge in [-0.1, -0.05) is 30.3 Å². The van der Waals surface area contributed by atoms with E-state index in [1.807, 2.05) is 6.07 Å². The highest BCUT2D eigenvalue weighted by Gasteiger charge is 2.04. The Kier molecular flexibility index (Phi) is 2.63. The van der Waals surface area contributed by atoms with Crippen LogP contribution in [-0.2, 0) is 9.53 Å². The van der Waals surface area contributed by atoms with Gasteiger partial charge in [-0.2, -0.15) is 0 Å². The molecule has 3 heteroatoms. The van der Waals surface area contributed by atoms with Crippen LogP contribution in [0.5, 0.6) is 0 Å². The lowest BCUT2D eigenvalue weighted by molar-refractivity contribution is -0.152. The van der Waals surface area contributed by atoms with Crippen LogP contribution in [0.3, 0.4) is 0 Å². The van der Waals surface area contributed by atoms with Crippen LogP contribution in [-0.4, -0.2) is 11.6 Å². The Morgan fingerprint density at radius 2 is 2.00 bits per heavy atom. The summed E-state index contributed by atoms with van der Waals surface area (Å²) in [6.45, 7) is 0.220. The number of aliphatic hydroxyl groups is 1. The molecule has 0 fully saturated rings. The lowest BCUT2D eigenvalue weighted by Crippen LogP contribution is -2.00. The largest absolute Gasteiger partial charge is 0.434 e. The standard InChI is InChI=1S/C8H8O3/c9-6-11-8(10)7-4-2-1-3-5-7/h1-6,8,10H/t8-/m1/s1. The molecule has 0 heterocycles. The Morgan fingerprint density at radius 3 is 2.55 bits per heavy atom. The minimum Gasteiger partial charge on any atom is -0.434 e. The quantitative estimate of drug-likeness (QED) is 0.516. The van der Waals surface area contributed by atoms with Gasteiger partial charge < -0.3 is 9.84 Å². The number of hydrogen-bond acceptors (Lipinski definition) is 3. The molecule has 1 aromatic carbocycles. The van der Waals surface area contributed by atoms with Gasteiger partial charge in [0.1, 0.15) is 0 Å². The average molecular weight is 152 g/mol. The molecule has 1 aromatic rings. The fraction of sp³-hybridized carbons (Fsp3) is 0.125. The predicted molar refractivity (Wildman–Crippen MR) is 38.6 cm³/mol. The molecule has 0 radical (unpaired) electrons. The molecule has 0 bridgehead atoms. The highest BCUT2D eigenvalue weighted by molar-refractivity contribution is 5.38. The molecular formula is C8H8O3. The molecule has 0 aliphatic rings. The zero-order valence-corrected chi connectivity index (χ0v) is 5.81. The fourth-order valence-corrected chi connectivity index (χ4v) is 0.749. The second-order valence-electron chi connectivity index (χ2n) is 2.00. The van der Waals surface area contributed by atoms with E-state index in [0.29, 0.717) is 5.56 Å².